The summed E-state index contributed by atoms with van der Waals surface area (Å²) in [7, 11) is -3.56. The van der Waals surface area contributed by atoms with Gasteiger partial charge in [0, 0.05) is 29.6 Å². The number of aromatic nitrogens is 2. The third-order valence-corrected chi connectivity index (χ3v) is 6.95. The molecule has 0 fully saturated rings. The Morgan fingerprint density at radius 3 is 2.45 bits per heavy atom. The van der Waals surface area contributed by atoms with E-state index in [1.807, 2.05) is 51.1 Å². The predicted molar refractivity (Wildman–Crippen MR) is 110 cm³/mol. The molecule has 0 spiro atoms. The number of sulfonamides is 1. The number of hydrogen-bond donors (Lipinski definition) is 0. The summed E-state index contributed by atoms with van der Waals surface area (Å²) in [5, 5.41) is 4.73. The molecule has 0 unspecified atom stereocenters. The van der Waals surface area contributed by atoms with Crippen molar-refractivity contribution in [3.8, 4) is 23.0 Å². The molecule has 0 saturated carbocycles. The van der Waals surface area contributed by atoms with E-state index >= 15 is 0 Å². The molecule has 0 radical (unpaired) electrons. The molecule has 0 aliphatic heterocycles. The third kappa shape index (κ3) is 3.34. The van der Waals surface area contributed by atoms with E-state index in [4.69, 9.17) is 8.94 Å². The van der Waals surface area contributed by atoms with E-state index in [1.54, 1.807) is 18.2 Å². The van der Waals surface area contributed by atoms with Gasteiger partial charge in [-0.05, 0) is 25.1 Å². The molecule has 0 bridgehead atoms. The van der Waals surface area contributed by atoms with Gasteiger partial charge in [0.2, 0.25) is 15.8 Å². The first-order valence-electron chi connectivity index (χ1n) is 9.38. The molecule has 0 amide bonds. The molecule has 0 atom stereocenters. The molecule has 0 saturated heterocycles. The van der Waals surface area contributed by atoms with Crippen molar-refractivity contribution in [3.63, 3.8) is 0 Å². The van der Waals surface area contributed by atoms with E-state index in [2.05, 4.69) is 10.1 Å². The number of hydrogen-bond acceptors (Lipinski definition) is 6. The molecule has 0 N–H and O–H groups in total. The van der Waals surface area contributed by atoms with Crippen molar-refractivity contribution in [2.45, 2.75) is 25.7 Å². The summed E-state index contributed by atoms with van der Waals surface area (Å²) in [5.74, 6) is 1.16. The Morgan fingerprint density at radius 1 is 1.03 bits per heavy atom. The van der Waals surface area contributed by atoms with Gasteiger partial charge < -0.3 is 8.94 Å². The highest BCUT2D eigenvalue weighted by Crippen LogP contribution is 2.34. The van der Waals surface area contributed by atoms with Gasteiger partial charge in [0.05, 0.1) is 4.90 Å². The highest BCUT2D eigenvalue weighted by Gasteiger charge is 2.24. The number of rotatable bonds is 6. The number of fused-ring (bicyclic) bond motifs is 1. The minimum absolute atomic E-state index is 0.236. The smallest absolute Gasteiger partial charge is 0.294 e. The van der Waals surface area contributed by atoms with E-state index in [0.29, 0.717) is 35.6 Å². The summed E-state index contributed by atoms with van der Waals surface area (Å²) < 4.78 is 38.4. The maximum absolute atomic E-state index is 12.8. The largest absolute Gasteiger partial charge is 0.451 e. The molecule has 4 rings (SSSR count). The first-order valence-corrected chi connectivity index (χ1v) is 10.8. The Kier molecular flexibility index (Phi) is 4.97. The van der Waals surface area contributed by atoms with Gasteiger partial charge >= 0.3 is 0 Å². The SMILES string of the molecule is CCN(CC)S(=O)(=O)c1ccc2oc(-c3nc(-c4ccccc4)no3)c(C)c2c1. The summed E-state index contributed by atoms with van der Waals surface area (Å²) in [6.07, 6.45) is 0. The van der Waals surface area contributed by atoms with Crippen LogP contribution in [0.3, 0.4) is 0 Å². The molecule has 4 aromatic rings. The third-order valence-electron chi connectivity index (χ3n) is 4.90. The predicted octanol–water partition coefficient (Wildman–Crippen LogP) is 4.49. The average molecular weight is 411 g/mol. The Bertz CT molecular complexity index is 1260. The van der Waals surface area contributed by atoms with Gasteiger partial charge in [-0.3, -0.25) is 0 Å². The van der Waals surface area contributed by atoms with Crippen molar-refractivity contribution in [1.29, 1.82) is 0 Å². The van der Waals surface area contributed by atoms with E-state index in [9.17, 15) is 8.42 Å². The summed E-state index contributed by atoms with van der Waals surface area (Å²) >= 11 is 0. The van der Waals surface area contributed by atoms with E-state index in [0.717, 1.165) is 11.1 Å². The van der Waals surface area contributed by atoms with Gasteiger partial charge in [-0.25, -0.2) is 8.42 Å². The minimum atomic E-state index is -3.56. The van der Waals surface area contributed by atoms with E-state index in [-0.39, 0.29) is 10.8 Å². The molecular weight excluding hydrogens is 390 g/mol. The van der Waals surface area contributed by atoms with Crippen LogP contribution < -0.4 is 0 Å². The molecular formula is C21H21N3O4S. The van der Waals surface area contributed by atoms with Crippen LogP contribution in [0.25, 0.3) is 34.0 Å². The Balaban J connectivity index is 1.77. The molecule has 8 heteroatoms. The van der Waals surface area contributed by atoms with Crippen LogP contribution in [-0.2, 0) is 10.0 Å². The fraction of sp³-hybridized carbons (Fsp3) is 0.238. The van der Waals surface area contributed by atoms with Crippen molar-refractivity contribution >= 4 is 21.0 Å². The van der Waals surface area contributed by atoms with Crippen LogP contribution in [0.15, 0.2) is 62.4 Å². The van der Waals surface area contributed by atoms with E-state index < -0.39 is 10.0 Å². The summed E-state index contributed by atoms with van der Waals surface area (Å²) in [6, 6.07) is 14.4. The normalized spacial score (nSPS) is 12.1. The van der Waals surface area contributed by atoms with Crippen LogP contribution in [0.2, 0.25) is 0 Å². The fourth-order valence-corrected chi connectivity index (χ4v) is 4.78. The number of nitrogens with zero attached hydrogens (tertiary/aromatic N) is 3. The maximum Gasteiger partial charge on any atom is 0.294 e. The van der Waals surface area contributed by atoms with Crippen LogP contribution >= 0.6 is 0 Å². The van der Waals surface area contributed by atoms with Gasteiger partial charge in [0.15, 0.2) is 5.76 Å². The molecule has 0 aliphatic carbocycles. The lowest BCUT2D eigenvalue weighted by Gasteiger charge is -2.18. The molecule has 150 valence electrons. The highest BCUT2D eigenvalue weighted by atomic mass is 32.2. The Morgan fingerprint density at radius 2 is 1.76 bits per heavy atom. The molecule has 7 nitrogen and oxygen atoms in total. The van der Waals surface area contributed by atoms with Gasteiger partial charge in [0.25, 0.3) is 5.89 Å². The van der Waals surface area contributed by atoms with Gasteiger partial charge in [0.1, 0.15) is 5.58 Å². The van der Waals surface area contributed by atoms with Crippen molar-refractivity contribution in [3.05, 3.63) is 54.1 Å². The first-order chi connectivity index (χ1) is 14.0. The van der Waals surface area contributed by atoms with Crippen LogP contribution in [0, 0.1) is 6.92 Å². The highest BCUT2D eigenvalue weighted by molar-refractivity contribution is 7.89. The monoisotopic (exact) mass is 411 g/mol. The number of furan rings is 1. The van der Waals surface area contributed by atoms with Gasteiger partial charge in [-0.2, -0.15) is 9.29 Å². The second kappa shape index (κ2) is 7.46. The van der Waals surface area contributed by atoms with Crippen molar-refractivity contribution < 1.29 is 17.4 Å². The lowest BCUT2D eigenvalue weighted by atomic mass is 10.1. The van der Waals surface area contributed by atoms with Gasteiger partial charge in [-0.15, -0.1) is 0 Å². The van der Waals surface area contributed by atoms with Crippen LogP contribution in [-0.4, -0.2) is 36.0 Å². The Labute approximate surface area is 169 Å². The van der Waals surface area contributed by atoms with Crippen molar-refractivity contribution in [2.75, 3.05) is 13.1 Å². The topological polar surface area (TPSA) is 89.4 Å². The molecule has 29 heavy (non-hydrogen) atoms. The summed E-state index contributed by atoms with van der Waals surface area (Å²) in [5.41, 5.74) is 2.15. The lowest BCUT2D eigenvalue weighted by molar-refractivity contribution is 0.419. The van der Waals surface area contributed by atoms with Crippen molar-refractivity contribution in [2.24, 2.45) is 0 Å². The standard InChI is InChI=1S/C21H21N3O4S/c1-4-24(5-2)29(25,26)16-11-12-18-17(13-16)14(3)19(27-18)21-22-20(23-28-21)15-9-7-6-8-10-15/h6-13H,4-5H2,1-3H3. The summed E-state index contributed by atoms with van der Waals surface area (Å²) in [6.45, 7) is 6.32. The molecule has 0 aliphatic rings. The minimum Gasteiger partial charge on any atom is -0.451 e. The second-order valence-electron chi connectivity index (χ2n) is 6.59. The Hall–Kier alpha value is -2.97. The second-order valence-corrected chi connectivity index (χ2v) is 8.53. The zero-order valence-corrected chi connectivity index (χ0v) is 17.2. The fourth-order valence-electron chi connectivity index (χ4n) is 3.30. The average Bonchev–Trinajstić information content (AvgIpc) is 3.34. The maximum atomic E-state index is 12.8. The summed E-state index contributed by atoms with van der Waals surface area (Å²) in [4.78, 5) is 4.67. The molecule has 2 aromatic heterocycles. The van der Waals surface area contributed by atoms with Crippen LogP contribution in [0.4, 0.5) is 0 Å². The van der Waals surface area contributed by atoms with Crippen LogP contribution in [0.1, 0.15) is 19.4 Å². The zero-order valence-electron chi connectivity index (χ0n) is 16.4. The zero-order chi connectivity index (χ0) is 20.6. The number of aryl methyl sites for hydroxylation is 1. The first kappa shape index (κ1) is 19.4. The van der Waals surface area contributed by atoms with Crippen molar-refractivity contribution in [1.82, 2.24) is 14.4 Å². The lowest BCUT2D eigenvalue weighted by Crippen LogP contribution is -2.30. The number of benzene rings is 2. The van der Waals surface area contributed by atoms with Gasteiger partial charge in [-0.1, -0.05) is 49.3 Å². The van der Waals surface area contributed by atoms with E-state index in [1.165, 1.54) is 4.31 Å². The molecule has 2 aromatic carbocycles. The molecule has 2 heterocycles. The quantitative estimate of drug-likeness (QED) is 0.464. The van der Waals surface area contributed by atoms with Crippen LogP contribution in [0.5, 0.6) is 0 Å².